The van der Waals surface area contributed by atoms with E-state index in [0.29, 0.717) is 13.1 Å². The van der Waals surface area contributed by atoms with Crippen molar-refractivity contribution in [2.45, 2.75) is 32.2 Å². The molecule has 4 rings (SSSR count). The molecule has 136 valence electrons. The Kier molecular flexibility index (Phi) is 5.16. The van der Waals surface area contributed by atoms with Gasteiger partial charge in [-0.05, 0) is 43.5 Å². The number of urea groups is 1. The number of nitrogens with one attached hydrogen (secondary N) is 1. The number of anilines is 2. The summed E-state index contributed by atoms with van der Waals surface area (Å²) in [6.45, 7) is 4.04. The van der Waals surface area contributed by atoms with Crippen molar-refractivity contribution in [2.24, 2.45) is 5.92 Å². The Labute approximate surface area is 149 Å². The molecule has 3 aliphatic heterocycles. The van der Waals surface area contributed by atoms with Gasteiger partial charge in [0.1, 0.15) is 0 Å². The van der Waals surface area contributed by atoms with Crippen LogP contribution in [0.15, 0.2) is 24.3 Å². The molecule has 0 aliphatic carbocycles. The lowest BCUT2D eigenvalue weighted by Gasteiger charge is -2.35. The number of benzene rings is 1. The molecule has 0 unspecified atom stereocenters. The van der Waals surface area contributed by atoms with Crippen LogP contribution in [0.1, 0.15) is 26.2 Å². The van der Waals surface area contributed by atoms with E-state index in [1.165, 1.54) is 0 Å². The number of carbonyl (C=O) groups is 2. The summed E-state index contributed by atoms with van der Waals surface area (Å²) in [5.41, 5.74) is 1.87. The van der Waals surface area contributed by atoms with Crippen molar-refractivity contribution in [3.63, 3.8) is 0 Å². The molecule has 3 heterocycles. The van der Waals surface area contributed by atoms with Crippen LogP contribution >= 0.6 is 0 Å². The molecule has 6 nitrogen and oxygen atoms in total. The van der Waals surface area contributed by atoms with Crippen LogP contribution in [0, 0.1) is 5.92 Å². The van der Waals surface area contributed by atoms with Gasteiger partial charge in [0.25, 0.3) is 0 Å². The van der Waals surface area contributed by atoms with Gasteiger partial charge >= 0.3 is 6.03 Å². The van der Waals surface area contributed by atoms with E-state index in [4.69, 9.17) is 0 Å². The third-order valence-electron chi connectivity index (χ3n) is 5.18. The lowest BCUT2D eigenvalue weighted by molar-refractivity contribution is -0.139. The first-order valence-electron chi connectivity index (χ1n) is 9.13. The quantitative estimate of drug-likeness (QED) is 0.913. The van der Waals surface area contributed by atoms with Crippen LogP contribution in [0.5, 0.6) is 0 Å². The SMILES string of the molecule is CCCN1C(=O)[C@@H]2CC[C@H]1CN(C(=O)Nc1ccc(N(C)C)cc1)C2. The number of amides is 3. The Bertz CT molecular complexity index is 629. The fraction of sp³-hybridized carbons (Fsp3) is 0.579. The molecule has 0 aromatic heterocycles. The second kappa shape index (κ2) is 7.33. The van der Waals surface area contributed by atoms with Crippen LogP contribution in [-0.2, 0) is 4.79 Å². The summed E-state index contributed by atoms with van der Waals surface area (Å²) >= 11 is 0. The van der Waals surface area contributed by atoms with E-state index in [0.717, 1.165) is 37.2 Å². The van der Waals surface area contributed by atoms with E-state index in [-0.39, 0.29) is 23.9 Å². The number of carbonyl (C=O) groups excluding carboxylic acids is 2. The van der Waals surface area contributed by atoms with Gasteiger partial charge in [-0.15, -0.1) is 0 Å². The zero-order valence-electron chi connectivity index (χ0n) is 15.4. The highest BCUT2D eigenvalue weighted by Crippen LogP contribution is 2.29. The first-order valence-corrected chi connectivity index (χ1v) is 9.13. The molecule has 3 fully saturated rings. The lowest BCUT2D eigenvalue weighted by Crippen LogP contribution is -2.48. The van der Waals surface area contributed by atoms with Gasteiger partial charge in [-0.1, -0.05) is 6.92 Å². The van der Waals surface area contributed by atoms with Gasteiger partial charge in [-0.2, -0.15) is 0 Å². The maximum atomic E-state index is 12.7. The smallest absolute Gasteiger partial charge is 0.321 e. The molecule has 1 aromatic rings. The fourth-order valence-corrected chi connectivity index (χ4v) is 3.79. The van der Waals surface area contributed by atoms with Crippen molar-refractivity contribution in [2.75, 3.05) is 43.9 Å². The summed E-state index contributed by atoms with van der Waals surface area (Å²) in [6, 6.07) is 7.83. The lowest BCUT2D eigenvalue weighted by atomic mass is 9.94. The number of hydrogen-bond donors (Lipinski definition) is 1. The number of fused-ring (bicyclic) bond motifs is 4. The zero-order chi connectivity index (χ0) is 18.0. The van der Waals surface area contributed by atoms with Crippen LogP contribution in [0.3, 0.4) is 0 Å². The zero-order valence-corrected chi connectivity index (χ0v) is 15.4. The number of rotatable bonds is 4. The molecule has 3 amide bonds. The van der Waals surface area contributed by atoms with E-state index < -0.39 is 0 Å². The van der Waals surface area contributed by atoms with Gasteiger partial charge in [0.2, 0.25) is 5.91 Å². The highest BCUT2D eigenvalue weighted by Gasteiger charge is 2.41. The van der Waals surface area contributed by atoms with Crippen LogP contribution in [0.25, 0.3) is 0 Å². The monoisotopic (exact) mass is 344 g/mol. The van der Waals surface area contributed by atoms with Gasteiger partial charge < -0.3 is 20.0 Å². The third kappa shape index (κ3) is 3.72. The topological polar surface area (TPSA) is 55.9 Å². The predicted molar refractivity (Wildman–Crippen MR) is 99.9 cm³/mol. The van der Waals surface area contributed by atoms with Crippen molar-refractivity contribution in [3.8, 4) is 0 Å². The van der Waals surface area contributed by atoms with E-state index >= 15 is 0 Å². The van der Waals surface area contributed by atoms with E-state index in [2.05, 4.69) is 12.2 Å². The standard InChI is InChI=1S/C19H28N4O2/c1-4-11-23-17-8-5-14(18(23)24)12-22(13-17)19(25)20-15-6-9-16(10-7-15)21(2)3/h6-7,9-10,14,17H,4-5,8,11-13H2,1-3H3,(H,20,25)/t14-,17+/m1/s1. The Hall–Kier alpha value is -2.24. The van der Waals surface area contributed by atoms with Crippen LogP contribution < -0.4 is 10.2 Å². The summed E-state index contributed by atoms with van der Waals surface area (Å²) in [6.07, 6.45) is 2.85. The molecule has 2 atom stereocenters. The summed E-state index contributed by atoms with van der Waals surface area (Å²) in [5, 5.41) is 2.97. The number of piperidine rings is 1. The minimum atomic E-state index is -0.111. The van der Waals surface area contributed by atoms with Gasteiger partial charge in [0, 0.05) is 51.1 Å². The van der Waals surface area contributed by atoms with Crippen molar-refractivity contribution in [3.05, 3.63) is 24.3 Å². The van der Waals surface area contributed by atoms with Crippen LogP contribution in [-0.4, -0.2) is 61.5 Å². The second-order valence-electron chi connectivity index (χ2n) is 7.24. The molecule has 3 saturated heterocycles. The van der Waals surface area contributed by atoms with Gasteiger partial charge in [-0.3, -0.25) is 4.79 Å². The second-order valence-corrected chi connectivity index (χ2v) is 7.24. The number of hydrogen-bond acceptors (Lipinski definition) is 3. The predicted octanol–water partition coefficient (Wildman–Crippen LogP) is 2.62. The van der Waals surface area contributed by atoms with E-state index in [9.17, 15) is 9.59 Å². The summed E-state index contributed by atoms with van der Waals surface area (Å²) < 4.78 is 0. The first-order chi connectivity index (χ1) is 12.0. The van der Waals surface area contributed by atoms with Crippen LogP contribution in [0.2, 0.25) is 0 Å². The van der Waals surface area contributed by atoms with Crippen molar-refractivity contribution < 1.29 is 9.59 Å². The molecule has 2 bridgehead atoms. The van der Waals surface area contributed by atoms with Gasteiger partial charge in [0.05, 0.1) is 5.92 Å². The average molecular weight is 344 g/mol. The minimum Gasteiger partial charge on any atom is -0.378 e. The fourth-order valence-electron chi connectivity index (χ4n) is 3.79. The molecule has 1 N–H and O–H groups in total. The van der Waals surface area contributed by atoms with Crippen molar-refractivity contribution in [1.82, 2.24) is 9.80 Å². The molecule has 6 heteroatoms. The Morgan fingerprint density at radius 2 is 1.92 bits per heavy atom. The molecule has 3 aliphatic rings. The Balaban J connectivity index is 1.67. The largest absolute Gasteiger partial charge is 0.378 e. The summed E-state index contributed by atoms with van der Waals surface area (Å²) in [5.74, 6) is 0.177. The summed E-state index contributed by atoms with van der Waals surface area (Å²) in [7, 11) is 3.97. The van der Waals surface area contributed by atoms with E-state index in [1.807, 2.05) is 53.1 Å². The molecule has 25 heavy (non-hydrogen) atoms. The molecule has 1 aromatic carbocycles. The van der Waals surface area contributed by atoms with Gasteiger partial charge in [-0.25, -0.2) is 4.79 Å². The molecule has 0 spiro atoms. The maximum absolute atomic E-state index is 12.7. The van der Waals surface area contributed by atoms with Crippen molar-refractivity contribution in [1.29, 1.82) is 0 Å². The molecular weight excluding hydrogens is 316 g/mol. The molecular formula is C19H28N4O2. The molecule has 0 saturated carbocycles. The highest BCUT2D eigenvalue weighted by atomic mass is 16.2. The Morgan fingerprint density at radius 1 is 1.20 bits per heavy atom. The van der Waals surface area contributed by atoms with Crippen LogP contribution in [0.4, 0.5) is 16.2 Å². The minimum absolute atomic E-state index is 0.0489. The summed E-state index contributed by atoms with van der Waals surface area (Å²) in [4.78, 5) is 31.1. The third-order valence-corrected chi connectivity index (χ3v) is 5.18. The highest BCUT2D eigenvalue weighted by molar-refractivity contribution is 5.90. The average Bonchev–Trinajstić information content (AvgIpc) is 2.88. The number of nitrogens with zero attached hydrogens (tertiary/aromatic N) is 3. The maximum Gasteiger partial charge on any atom is 0.321 e. The first kappa shape index (κ1) is 17.6. The Morgan fingerprint density at radius 3 is 2.56 bits per heavy atom. The van der Waals surface area contributed by atoms with E-state index in [1.54, 1.807) is 0 Å². The van der Waals surface area contributed by atoms with Crippen molar-refractivity contribution >= 4 is 23.3 Å². The molecule has 0 radical (unpaired) electrons. The van der Waals surface area contributed by atoms with Gasteiger partial charge in [0.15, 0.2) is 0 Å². The normalized spacial score (nSPS) is 22.8.